The van der Waals surface area contributed by atoms with Gasteiger partial charge in [-0.05, 0) is 36.8 Å². The number of nitrogens with zero attached hydrogens (tertiary/aromatic N) is 3. The van der Waals surface area contributed by atoms with Crippen molar-refractivity contribution in [3.8, 4) is 5.69 Å². The van der Waals surface area contributed by atoms with E-state index in [-0.39, 0.29) is 11.5 Å². The minimum Gasteiger partial charge on any atom is -0.476 e. The van der Waals surface area contributed by atoms with E-state index < -0.39 is 5.97 Å². The summed E-state index contributed by atoms with van der Waals surface area (Å²) in [5.74, 6) is -1.47. The molecule has 0 saturated heterocycles. The van der Waals surface area contributed by atoms with Crippen molar-refractivity contribution in [2.75, 3.05) is 0 Å². The number of carbonyl (C=O) groups is 1. The van der Waals surface area contributed by atoms with Gasteiger partial charge in [0.15, 0.2) is 5.69 Å². The first-order valence-electron chi connectivity index (χ1n) is 7.04. The molecular formula is C17H14FN3O2. The predicted molar refractivity (Wildman–Crippen MR) is 82.3 cm³/mol. The lowest BCUT2D eigenvalue weighted by atomic mass is 10.1. The van der Waals surface area contributed by atoms with Gasteiger partial charge in [0.2, 0.25) is 0 Å². The Bertz CT molecular complexity index is 839. The fraction of sp³-hybridized carbons (Fsp3) is 0.118. The van der Waals surface area contributed by atoms with Crippen LogP contribution in [0.4, 0.5) is 4.39 Å². The molecule has 0 fully saturated rings. The molecule has 1 heterocycles. The minimum absolute atomic E-state index is 0.102. The summed E-state index contributed by atoms with van der Waals surface area (Å²) < 4.78 is 14.5. The summed E-state index contributed by atoms with van der Waals surface area (Å²) in [4.78, 5) is 11.4. The van der Waals surface area contributed by atoms with Gasteiger partial charge in [0, 0.05) is 6.42 Å². The predicted octanol–water partition coefficient (Wildman–Crippen LogP) is 3.00. The summed E-state index contributed by atoms with van der Waals surface area (Å²) in [5.41, 5.74) is 2.95. The number of carboxylic acid groups (broad SMARTS) is 1. The van der Waals surface area contributed by atoms with Crippen molar-refractivity contribution in [1.29, 1.82) is 0 Å². The lowest BCUT2D eigenvalue weighted by Gasteiger charge is -2.08. The molecule has 116 valence electrons. The first-order chi connectivity index (χ1) is 11.0. The molecule has 0 aliphatic carbocycles. The summed E-state index contributed by atoms with van der Waals surface area (Å²) >= 11 is 0. The van der Waals surface area contributed by atoms with Crippen molar-refractivity contribution in [2.24, 2.45) is 0 Å². The molecule has 0 aliphatic heterocycles. The fourth-order valence-corrected chi connectivity index (χ4v) is 2.32. The molecule has 0 spiro atoms. The number of aryl methyl sites for hydroxylation is 1. The van der Waals surface area contributed by atoms with Crippen LogP contribution in [0.3, 0.4) is 0 Å². The number of hydrogen-bond donors (Lipinski definition) is 1. The third-order valence-corrected chi connectivity index (χ3v) is 3.53. The molecule has 0 aliphatic rings. The maximum Gasteiger partial charge on any atom is 0.358 e. The summed E-state index contributed by atoms with van der Waals surface area (Å²) in [5, 5.41) is 17.0. The van der Waals surface area contributed by atoms with Crippen LogP contribution in [-0.2, 0) is 6.42 Å². The maximum atomic E-state index is 13.0. The van der Waals surface area contributed by atoms with E-state index in [4.69, 9.17) is 0 Å². The van der Waals surface area contributed by atoms with Crippen LogP contribution in [0.25, 0.3) is 5.69 Å². The summed E-state index contributed by atoms with van der Waals surface area (Å²) in [7, 11) is 0. The van der Waals surface area contributed by atoms with Crippen LogP contribution >= 0.6 is 0 Å². The Labute approximate surface area is 132 Å². The highest BCUT2D eigenvalue weighted by molar-refractivity contribution is 5.86. The normalized spacial score (nSPS) is 10.7. The lowest BCUT2D eigenvalue weighted by molar-refractivity contribution is 0.0689. The van der Waals surface area contributed by atoms with Crippen LogP contribution in [0.2, 0.25) is 0 Å². The third-order valence-electron chi connectivity index (χ3n) is 3.53. The van der Waals surface area contributed by atoms with Gasteiger partial charge in [0.25, 0.3) is 0 Å². The van der Waals surface area contributed by atoms with Gasteiger partial charge in [0.05, 0.1) is 11.4 Å². The molecule has 1 N–H and O–H groups in total. The molecule has 1 aromatic heterocycles. The number of carboxylic acids is 1. The minimum atomic E-state index is -1.14. The van der Waals surface area contributed by atoms with Crippen LogP contribution < -0.4 is 0 Å². The van der Waals surface area contributed by atoms with Crippen LogP contribution in [0.5, 0.6) is 0 Å². The SMILES string of the molecule is Cc1ccc(-n2nnc(C(=O)O)c2Cc2ccc(F)cc2)cc1. The van der Waals surface area contributed by atoms with E-state index in [9.17, 15) is 14.3 Å². The molecule has 0 saturated carbocycles. The number of aromatic carboxylic acids is 1. The number of halogens is 1. The van der Waals surface area contributed by atoms with Crippen molar-refractivity contribution in [3.05, 3.63) is 76.9 Å². The maximum absolute atomic E-state index is 13.0. The molecular weight excluding hydrogens is 297 g/mol. The second-order valence-electron chi connectivity index (χ2n) is 5.24. The van der Waals surface area contributed by atoms with Crippen molar-refractivity contribution in [2.45, 2.75) is 13.3 Å². The van der Waals surface area contributed by atoms with E-state index in [0.717, 1.165) is 16.8 Å². The molecule has 0 amide bonds. The third kappa shape index (κ3) is 3.11. The zero-order chi connectivity index (χ0) is 16.4. The standard InChI is InChI=1S/C17H14FN3O2/c1-11-2-8-14(9-3-11)21-15(16(17(22)23)19-20-21)10-12-4-6-13(18)7-5-12/h2-9H,10H2,1H3,(H,22,23). The summed E-state index contributed by atoms with van der Waals surface area (Å²) in [6.45, 7) is 1.97. The van der Waals surface area contributed by atoms with Gasteiger partial charge in [-0.25, -0.2) is 13.9 Å². The Hall–Kier alpha value is -3.02. The first kappa shape index (κ1) is 14.9. The zero-order valence-corrected chi connectivity index (χ0v) is 12.4. The summed E-state index contributed by atoms with van der Waals surface area (Å²) in [6.07, 6.45) is 0.294. The summed E-state index contributed by atoms with van der Waals surface area (Å²) in [6, 6.07) is 13.5. The zero-order valence-electron chi connectivity index (χ0n) is 12.4. The van der Waals surface area contributed by atoms with Gasteiger partial charge in [-0.15, -0.1) is 5.10 Å². The van der Waals surface area contributed by atoms with E-state index in [1.807, 2.05) is 31.2 Å². The highest BCUT2D eigenvalue weighted by atomic mass is 19.1. The van der Waals surface area contributed by atoms with Gasteiger partial charge in [0.1, 0.15) is 5.82 Å². The Morgan fingerprint density at radius 1 is 1.13 bits per heavy atom. The monoisotopic (exact) mass is 311 g/mol. The first-order valence-corrected chi connectivity index (χ1v) is 7.04. The second kappa shape index (κ2) is 6.00. The molecule has 5 nitrogen and oxygen atoms in total. The van der Waals surface area contributed by atoms with Crippen LogP contribution in [-0.4, -0.2) is 26.1 Å². The number of rotatable bonds is 4. The molecule has 23 heavy (non-hydrogen) atoms. The van der Waals surface area contributed by atoms with Crippen molar-refractivity contribution < 1.29 is 14.3 Å². The average Bonchev–Trinajstić information content (AvgIpc) is 2.94. The molecule has 2 aromatic carbocycles. The molecule has 3 rings (SSSR count). The Morgan fingerprint density at radius 3 is 2.39 bits per heavy atom. The molecule has 0 unspecified atom stereocenters. The largest absolute Gasteiger partial charge is 0.476 e. The highest BCUT2D eigenvalue weighted by Gasteiger charge is 2.20. The van der Waals surface area contributed by atoms with Crippen molar-refractivity contribution >= 4 is 5.97 Å². The molecule has 0 atom stereocenters. The number of hydrogen-bond acceptors (Lipinski definition) is 3. The van der Waals surface area contributed by atoms with Gasteiger partial charge < -0.3 is 5.11 Å². The molecule has 0 radical (unpaired) electrons. The average molecular weight is 311 g/mol. The van der Waals surface area contributed by atoms with Gasteiger partial charge in [-0.2, -0.15) is 0 Å². The van der Waals surface area contributed by atoms with Crippen molar-refractivity contribution in [1.82, 2.24) is 15.0 Å². The number of aromatic nitrogens is 3. The van der Waals surface area contributed by atoms with Crippen molar-refractivity contribution in [3.63, 3.8) is 0 Å². The fourth-order valence-electron chi connectivity index (χ4n) is 2.32. The second-order valence-corrected chi connectivity index (χ2v) is 5.24. The quantitative estimate of drug-likeness (QED) is 0.804. The van der Waals surface area contributed by atoms with Gasteiger partial charge in [-0.1, -0.05) is 35.0 Å². The van der Waals surface area contributed by atoms with Crippen LogP contribution in [0.15, 0.2) is 48.5 Å². The van der Waals surface area contributed by atoms with Gasteiger partial charge >= 0.3 is 5.97 Å². The lowest BCUT2D eigenvalue weighted by Crippen LogP contribution is -2.07. The van der Waals surface area contributed by atoms with Crippen LogP contribution in [0, 0.1) is 12.7 Å². The van der Waals surface area contributed by atoms with Gasteiger partial charge in [-0.3, -0.25) is 0 Å². The molecule has 6 heteroatoms. The smallest absolute Gasteiger partial charge is 0.358 e. The van der Waals surface area contributed by atoms with E-state index in [1.165, 1.54) is 16.8 Å². The molecule has 0 bridgehead atoms. The van der Waals surface area contributed by atoms with E-state index in [2.05, 4.69) is 10.3 Å². The number of benzene rings is 2. The van der Waals surface area contributed by atoms with E-state index in [0.29, 0.717) is 12.1 Å². The highest BCUT2D eigenvalue weighted by Crippen LogP contribution is 2.18. The Kier molecular flexibility index (Phi) is 3.89. The van der Waals surface area contributed by atoms with Crippen LogP contribution in [0.1, 0.15) is 27.3 Å². The van der Waals surface area contributed by atoms with E-state index >= 15 is 0 Å². The molecule has 3 aromatic rings. The topological polar surface area (TPSA) is 68.0 Å². The Balaban J connectivity index is 2.05. The van der Waals surface area contributed by atoms with E-state index in [1.54, 1.807) is 12.1 Å². The Morgan fingerprint density at radius 2 is 1.78 bits per heavy atom.